The molecule has 8 nitrogen and oxygen atoms in total. The largest absolute Gasteiger partial charge is 0.484 e. The van der Waals surface area contributed by atoms with Crippen LogP contribution in [0.15, 0.2) is 18.2 Å². The number of hydroxylamine groups is 1. The summed E-state index contributed by atoms with van der Waals surface area (Å²) in [6.07, 6.45) is 2.06. The lowest BCUT2D eigenvalue weighted by atomic mass is 9.60. The molecule has 30 heavy (non-hydrogen) atoms. The molecule has 4 N–H and O–H groups in total. The normalized spacial score (nSPS) is 32.6. The first-order valence-corrected chi connectivity index (χ1v) is 10.5. The van der Waals surface area contributed by atoms with Gasteiger partial charge in [0.05, 0.1) is 16.7 Å². The molecule has 164 valence electrons. The van der Waals surface area contributed by atoms with E-state index in [1.54, 1.807) is 0 Å². The first kappa shape index (κ1) is 21.3. The molecule has 0 spiro atoms. The van der Waals surface area contributed by atoms with E-state index in [1.165, 1.54) is 12.1 Å². The van der Waals surface area contributed by atoms with Crippen molar-refractivity contribution in [3.8, 4) is 5.75 Å². The fraction of sp³-hybridized carbons (Fsp3) is 0.600. The number of aliphatic hydroxyl groups excluding tert-OH is 1. The topological polar surface area (TPSA) is 109 Å². The van der Waals surface area contributed by atoms with Gasteiger partial charge in [0.15, 0.2) is 12.7 Å². The van der Waals surface area contributed by atoms with Crippen molar-refractivity contribution < 1.29 is 28.7 Å². The maximum Gasteiger partial charge on any atom is 0.258 e. The molecule has 1 aliphatic heterocycles. The van der Waals surface area contributed by atoms with Crippen molar-refractivity contribution in [1.29, 1.82) is 0 Å². The minimum absolute atomic E-state index is 0.0236. The second-order valence-corrected chi connectivity index (χ2v) is 8.76. The van der Waals surface area contributed by atoms with Crippen molar-refractivity contribution in [1.82, 2.24) is 16.1 Å². The third kappa shape index (κ3) is 4.25. The zero-order chi connectivity index (χ0) is 21.4. The Morgan fingerprint density at radius 1 is 1.30 bits per heavy atom. The fourth-order valence-electron chi connectivity index (χ4n) is 4.63. The van der Waals surface area contributed by atoms with E-state index in [2.05, 4.69) is 16.1 Å². The van der Waals surface area contributed by atoms with Crippen LogP contribution in [0.2, 0.25) is 5.02 Å². The number of hydrogen-bond donors (Lipinski definition) is 4. The summed E-state index contributed by atoms with van der Waals surface area (Å²) in [5, 5.41) is 16.7. The number of aliphatic hydroxyl groups is 1. The predicted molar refractivity (Wildman–Crippen MR) is 105 cm³/mol. The van der Waals surface area contributed by atoms with E-state index in [-0.39, 0.29) is 23.3 Å². The average Bonchev–Trinajstić information content (AvgIpc) is 3.25. The number of hydrogen-bond acceptors (Lipinski definition) is 6. The Morgan fingerprint density at radius 3 is 2.70 bits per heavy atom. The van der Waals surface area contributed by atoms with Gasteiger partial charge in [0.2, 0.25) is 0 Å². The summed E-state index contributed by atoms with van der Waals surface area (Å²) in [6.45, 7) is 0.330. The van der Waals surface area contributed by atoms with Crippen LogP contribution in [-0.4, -0.2) is 53.4 Å². The highest BCUT2D eigenvalue weighted by atomic mass is 35.5. The van der Waals surface area contributed by atoms with Gasteiger partial charge in [-0.1, -0.05) is 11.6 Å². The second kappa shape index (κ2) is 8.30. The van der Waals surface area contributed by atoms with Crippen molar-refractivity contribution in [3.05, 3.63) is 29.0 Å². The van der Waals surface area contributed by atoms with Gasteiger partial charge in [-0.15, -0.1) is 0 Å². The lowest BCUT2D eigenvalue weighted by Crippen LogP contribution is -2.70. The fourth-order valence-corrected chi connectivity index (χ4v) is 4.74. The average molecular weight is 442 g/mol. The summed E-state index contributed by atoms with van der Waals surface area (Å²) in [5.74, 6) is -0.995. The van der Waals surface area contributed by atoms with Gasteiger partial charge in [0, 0.05) is 18.2 Å². The Labute approximate surface area is 178 Å². The molecule has 2 amide bonds. The third-order valence-electron chi connectivity index (χ3n) is 6.39. The lowest BCUT2D eigenvalue weighted by molar-refractivity contribution is -0.142. The van der Waals surface area contributed by atoms with E-state index >= 15 is 0 Å². The molecule has 5 rings (SSSR count). The molecule has 1 saturated heterocycles. The van der Waals surface area contributed by atoms with Crippen LogP contribution in [0.1, 0.15) is 38.5 Å². The van der Waals surface area contributed by atoms with Crippen LogP contribution in [0, 0.1) is 5.82 Å². The number of halogens is 2. The van der Waals surface area contributed by atoms with Crippen LogP contribution in [0.25, 0.3) is 0 Å². The molecule has 2 atom stereocenters. The number of ether oxygens (including phenoxy) is 1. The van der Waals surface area contributed by atoms with Gasteiger partial charge in [0.1, 0.15) is 11.6 Å². The van der Waals surface area contributed by atoms with Gasteiger partial charge < -0.3 is 20.5 Å². The van der Waals surface area contributed by atoms with Crippen LogP contribution < -0.4 is 20.9 Å². The van der Waals surface area contributed by atoms with Crippen molar-refractivity contribution in [2.24, 2.45) is 0 Å². The molecule has 1 aromatic rings. The summed E-state index contributed by atoms with van der Waals surface area (Å²) in [5.41, 5.74) is 1.47. The van der Waals surface area contributed by atoms with Crippen LogP contribution in [0.5, 0.6) is 5.75 Å². The maximum atomic E-state index is 13.5. The molecule has 0 radical (unpaired) electrons. The molecule has 4 aliphatic rings. The van der Waals surface area contributed by atoms with Crippen molar-refractivity contribution in [2.75, 3.05) is 13.2 Å². The summed E-state index contributed by atoms with van der Waals surface area (Å²) in [7, 11) is 0. The third-order valence-corrected chi connectivity index (χ3v) is 6.69. The maximum absolute atomic E-state index is 13.5. The molecule has 1 aromatic carbocycles. The Balaban J connectivity index is 1.32. The monoisotopic (exact) mass is 441 g/mol. The smallest absolute Gasteiger partial charge is 0.258 e. The molecular formula is C20H25ClFN3O5. The Bertz CT molecular complexity index is 825. The van der Waals surface area contributed by atoms with E-state index in [4.69, 9.17) is 21.2 Å². The number of nitrogens with one attached hydrogen (secondary N) is 3. The Morgan fingerprint density at radius 2 is 2.07 bits per heavy atom. The first-order chi connectivity index (χ1) is 14.3. The van der Waals surface area contributed by atoms with Gasteiger partial charge in [-0.05, 0) is 50.7 Å². The zero-order valence-electron chi connectivity index (χ0n) is 16.4. The van der Waals surface area contributed by atoms with Crippen molar-refractivity contribution in [3.63, 3.8) is 0 Å². The molecule has 0 aromatic heterocycles. The highest BCUT2D eigenvalue weighted by Crippen LogP contribution is 2.47. The number of rotatable bonds is 6. The molecule has 4 fully saturated rings. The van der Waals surface area contributed by atoms with E-state index in [0.717, 1.165) is 6.07 Å². The number of carbonyl (C=O) groups excluding carboxylic acids is 2. The van der Waals surface area contributed by atoms with Crippen LogP contribution >= 0.6 is 11.6 Å². The summed E-state index contributed by atoms with van der Waals surface area (Å²) < 4.78 is 18.8. The lowest BCUT2D eigenvalue weighted by Gasteiger charge is -2.56. The van der Waals surface area contributed by atoms with E-state index in [9.17, 15) is 19.1 Å². The van der Waals surface area contributed by atoms with Gasteiger partial charge in [-0.2, -0.15) is 0 Å². The highest BCUT2D eigenvalue weighted by Gasteiger charge is 2.55. The summed E-state index contributed by atoms with van der Waals surface area (Å²) in [4.78, 5) is 30.1. The van der Waals surface area contributed by atoms with Crippen LogP contribution in [0.3, 0.4) is 0 Å². The summed E-state index contributed by atoms with van der Waals surface area (Å²) in [6, 6.07) is 3.95. The van der Waals surface area contributed by atoms with Crippen LogP contribution in [-0.2, 0) is 14.4 Å². The van der Waals surface area contributed by atoms with Gasteiger partial charge in [-0.3, -0.25) is 14.4 Å². The minimum atomic E-state index is -0.792. The number of benzene rings is 1. The van der Waals surface area contributed by atoms with Gasteiger partial charge in [-0.25, -0.2) is 9.87 Å². The number of amides is 2. The number of carbonyl (C=O) groups is 2. The first-order valence-electron chi connectivity index (χ1n) is 10.1. The van der Waals surface area contributed by atoms with Gasteiger partial charge in [0.25, 0.3) is 11.8 Å². The van der Waals surface area contributed by atoms with Crippen molar-refractivity contribution >= 4 is 23.4 Å². The van der Waals surface area contributed by atoms with Crippen LogP contribution in [0.4, 0.5) is 4.39 Å². The molecule has 3 aliphatic carbocycles. The van der Waals surface area contributed by atoms with Crippen molar-refractivity contribution in [2.45, 2.75) is 61.8 Å². The highest BCUT2D eigenvalue weighted by molar-refractivity contribution is 6.30. The van der Waals surface area contributed by atoms with E-state index < -0.39 is 35.0 Å². The van der Waals surface area contributed by atoms with Gasteiger partial charge >= 0.3 is 0 Å². The van der Waals surface area contributed by atoms with E-state index in [1.807, 2.05) is 0 Å². The molecule has 2 unspecified atom stereocenters. The SMILES string of the molecule is O=C(COc1ccc(Cl)c(F)c1)NC12CCC(NC(=O)C3CCNO3)(CC1)CC2O. The molecule has 1 heterocycles. The number of fused-ring (bicyclic) bond motifs is 3. The standard InChI is InChI=1S/C20H25ClFN3O5/c21-13-2-1-12(9-14(13)22)29-11-17(27)24-20-6-4-19(5-7-20,10-16(20)26)25-18(28)15-3-8-23-30-15/h1-2,9,15-16,23,26H,3-8,10-11H2,(H,24,27)(H,25,28). The molecular weight excluding hydrogens is 417 g/mol. The quantitative estimate of drug-likeness (QED) is 0.528. The second-order valence-electron chi connectivity index (χ2n) is 8.35. The molecule has 3 saturated carbocycles. The zero-order valence-corrected chi connectivity index (χ0v) is 17.1. The molecule has 2 bridgehead atoms. The Kier molecular flexibility index (Phi) is 5.89. The van der Waals surface area contributed by atoms with E-state index in [0.29, 0.717) is 45.1 Å². The minimum Gasteiger partial charge on any atom is -0.484 e. The summed E-state index contributed by atoms with van der Waals surface area (Å²) >= 11 is 5.64. The predicted octanol–water partition coefficient (Wildman–Crippen LogP) is 1.20. The molecule has 10 heteroatoms. The Hall–Kier alpha value is -1.94.